The van der Waals surface area contributed by atoms with Crippen molar-refractivity contribution in [2.75, 3.05) is 32.8 Å². The van der Waals surface area contributed by atoms with Crippen LogP contribution in [0.5, 0.6) is 0 Å². The normalized spacial score (nSPS) is 17.4. The molecule has 1 aromatic carbocycles. The van der Waals surface area contributed by atoms with Gasteiger partial charge in [0.2, 0.25) is 0 Å². The number of hydrogen-bond acceptors (Lipinski definition) is 4. The zero-order chi connectivity index (χ0) is 15.4. The molecular formula is C17H19FN2O2. The quantitative estimate of drug-likeness (QED) is 0.941. The van der Waals surface area contributed by atoms with Crippen molar-refractivity contribution in [2.24, 2.45) is 0 Å². The first-order valence-corrected chi connectivity index (χ1v) is 7.43. The number of aliphatic hydroxyl groups excluding tert-OH is 1. The topological polar surface area (TPSA) is 45.6 Å². The summed E-state index contributed by atoms with van der Waals surface area (Å²) in [6, 6.07) is 10.1. The van der Waals surface area contributed by atoms with E-state index in [1.165, 1.54) is 6.07 Å². The maximum absolute atomic E-state index is 13.7. The summed E-state index contributed by atoms with van der Waals surface area (Å²) in [5.41, 5.74) is 1.83. The van der Waals surface area contributed by atoms with Gasteiger partial charge in [-0.15, -0.1) is 0 Å². The second kappa shape index (κ2) is 6.96. The Bertz CT molecular complexity index is 612. The van der Waals surface area contributed by atoms with Crippen molar-refractivity contribution in [3.05, 3.63) is 54.1 Å². The minimum atomic E-state index is -0.646. The molecule has 1 saturated heterocycles. The van der Waals surface area contributed by atoms with Crippen LogP contribution in [0.3, 0.4) is 0 Å². The number of benzene rings is 1. The van der Waals surface area contributed by atoms with E-state index < -0.39 is 6.10 Å². The molecule has 1 fully saturated rings. The van der Waals surface area contributed by atoms with E-state index in [2.05, 4.69) is 9.88 Å². The monoisotopic (exact) mass is 302 g/mol. The average Bonchev–Trinajstić information content (AvgIpc) is 2.56. The molecule has 0 aliphatic carbocycles. The predicted octanol–water partition coefficient (Wildman–Crippen LogP) is 2.25. The smallest absolute Gasteiger partial charge is 0.131 e. The lowest BCUT2D eigenvalue weighted by Gasteiger charge is -2.28. The first kappa shape index (κ1) is 15.1. The number of halogens is 1. The fourth-order valence-corrected chi connectivity index (χ4v) is 2.58. The van der Waals surface area contributed by atoms with E-state index in [1.807, 2.05) is 0 Å². The molecule has 5 heteroatoms. The molecule has 1 N–H and O–H groups in total. The van der Waals surface area contributed by atoms with E-state index in [1.54, 1.807) is 36.5 Å². The number of pyridine rings is 1. The summed E-state index contributed by atoms with van der Waals surface area (Å²) < 4.78 is 19.0. The molecule has 2 aromatic rings. The van der Waals surface area contributed by atoms with Gasteiger partial charge in [0.05, 0.1) is 18.9 Å². The molecule has 22 heavy (non-hydrogen) atoms. The predicted molar refractivity (Wildman–Crippen MR) is 81.8 cm³/mol. The maximum Gasteiger partial charge on any atom is 0.131 e. The van der Waals surface area contributed by atoms with Gasteiger partial charge in [0.15, 0.2) is 0 Å². The zero-order valence-corrected chi connectivity index (χ0v) is 12.3. The van der Waals surface area contributed by atoms with Gasteiger partial charge in [-0.25, -0.2) is 4.39 Å². The van der Waals surface area contributed by atoms with Gasteiger partial charge in [0.1, 0.15) is 11.9 Å². The molecule has 1 unspecified atom stereocenters. The highest BCUT2D eigenvalue weighted by atomic mass is 19.1. The van der Waals surface area contributed by atoms with Gasteiger partial charge in [0, 0.05) is 37.0 Å². The van der Waals surface area contributed by atoms with Crippen LogP contribution in [-0.2, 0) is 4.74 Å². The third kappa shape index (κ3) is 3.50. The van der Waals surface area contributed by atoms with Crippen molar-refractivity contribution in [1.82, 2.24) is 9.88 Å². The molecule has 1 atom stereocenters. The van der Waals surface area contributed by atoms with Crippen molar-refractivity contribution in [2.45, 2.75) is 6.10 Å². The minimum absolute atomic E-state index is 0.272. The Morgan fingerprint density at radius 2 is 1.95 bits per heavy atom. The number of aliphatic hydroxyl groups is 1. The zero-order valence-electron chi connectivity index (χ0n) is 12.3. The molecule has 0 spiro atoms. The lowest BCUT2D eigenvalue weighted by atomic mass is 10.1. The Hall–Kier alpha value is -1.82. The van der Waals surface area contributed by atoms with E-state index in [9.17, 15) is 9.50 Å². The Kier molecular flexibility index (Phi) is 4.77. The second-order valence-corrected chi connectivity index (χ2v) is 5.38. The van der Waals surface area contributed by atoms with E-state index in [0.29, 0.717) is 36.6 Å². The summed E-state index contributed by atoms with van der Waals surface area (Å²) in [6.07, 6.45) is 0.962. The molecule has 0 saturated carbocycles. The Morgan fingerprint density at radius 3 is 2.64 bits per heavy atom. The SMILES string of the molecule is OC(CN1CCOCC1)c1ccc(-c2ccccc2F)cn1. The summed E-state index contributed by atoms with van der Waals surface area (Å²) in [5, 5.41) is 10.3. The van der Waals surface area contributed by atoms with Gasteiger partial charge in [-0.2, -0.15) is 0 Å². The Balaban J connectivity index is 1.69. The number of rotatable bonds is 4. The first-order valence-electron chi connectivity index (χ1n) is 7.43. The van der Waals surface area contributed by atoms with Gasteiger partial charge < -0.3 is 9.84 Å². The molecule has 1 aliphatic rings. The van der Waals surface area contributed by atoms with Crippen LogP contribution in [0.4, 0.5) is 4.39 Å². The minimum Gasteiger partial charge on any atom is -0.385 e. The average molecular weight is 302 g/mol. The van der Waals surface area contributed by atoms with Gasteiger partial charge >= 0.3 is 0 Å². The molecule has 0 amide bonds. The number of morpholine rings is 1. The highest BCUT2D eigenvalue weighted by molar-refractivity contribution is 5.63. The molecule has 116 valence electrons. The Morgan fingerprint density at radius 1 is 1.18 bits per heavy atom. The van der Waals surface area contributed by atoms with Gasteiger partial charge in [0.25, 0.3) is 0 Å². The van der Waals surface area contributed by atoms with Crippen LogP contribution in [0.1, 0.15) is 11.8 Å². The fraction of sp³-hybridized carbons (Fsp3) is 0.353. The van der Waals surface area contributed by atoms with Crippen molar-refractivity contribution in [3.63, 3.8) is 0 Å². The van der Waals surface area contributed by atoms with Gasteiger partial charge in [-0.05, 0) is 12.1 Å². The Labute approximate surface area is 129 Å². The lowest BCUT2D eigenvalue weighted by Crippen LogP contribution is -2.38. The van der Waals surface area contributed by atoms with Crippen LogP contribution in [0.15, 0.2) is 42.6 Å². The number of hydrogen-bond donors (Lipinski definition) is 1. The molecule has 1 aliphatic heterocycles. The lowest BCUT2D eigenvalue weighted by molar-refractivity contribution is 0.0135. The van der Waals surface area contributed by atoms with Gasteiger partial charge in [-0.3, -0.25) is 9.88 Å². The van der Waals surface area contributed by atoms with Crippen molar-refractivity contribution in [3.8, 4) is 11.1 Å². The van der Waals surface area contributed by atoms with Crippen molar-refractivity contribution < 1.29 is 14.2 Å². The highest BCUT2D eigenvalue weighted by Crippen LogP contribution is 2.23. The highest BCUT2D eigenvalue weighted by Gasteiger charge is 2.17. The summed E-state index contributed by atoms with van der Waals surface area (Å²) in [4.78, 5) is 6.44. The third-order valence-corrected chi connectivity index (χ3v) is 3.85. The molecule has 0 bridgehead atoms. The molecule has 2 heterocycles. The van der Waals surface area contributed by atoms with E-state index >= 15 is 0 Å². The number of aromatic nitrogens is 1. The van der Waals surface area contributed by atoms with Crippen molar-refractivity contribution >= 4 is 0 Å². The number of β-amino-alcohol motifs (C(OH)–C–C–N with tert-alkyl or cyclic N) is 1. The third-order valence-electron chi connectivity index (χ3n) is 3.85. The van der Waals surface area contributed by atoms with Crippen LogP contribution in [-0.4, -0.2) is 47.8 Å². The molecule has 0 radical (unpaired) electrons. The molecule has 3 rings (SSSR count). The maximum atomic E-state index is 13.7. The van der Waals surface area contributed by atoms with Crippen LogP contribution in [0, 0.1) is 5.82 Å². The molecule has 4 nitrogen and oxygen atoms in total. The first-order chi connectivity index (χ1) is 10.7. The summed E-state index contributed by atoms with van der Waals surface area (Å²) in [7, 11) is 0. The van der Waals surface area contributed by atoms with E-state index in [0.717, 1.165) is 13.1 Å². The summed E-state index contributed by atoms with van der Waals surface area (Å²) in [6.45, 7) is 3.59. The van der Waals surface area contributed by atoms with Gasteiger partial charge in [-0.1, -0.05) is 24.3 Å². The largest absolute Gasteiger partial charge is 0.385 e. The number of nitrogens with zero attached hydrogens (tertiary/aromatic N) is 2. The van der Waals surface area contributed by atoms with Crippen molar-refractivity contribution in [1.29, 1.82) is 0 Å². The van der Waals surface area contributed by atoms with E-state index in [4.69, 9.17) is 4.74 Å². The summed E-state index contributed by atoms with van der Waals surface area (Å²) >= 11 is 0. The fourth-order valence-electron chi connectivity index (χ4n) is 2.58. The van der Waals surface area contributed by atoms with E-state index in [-0.39, 0.29) is 5.82 Å². The van der Waals surface area contributed by atoms with Crippen LogP contribution in [0.2, 0.25) is 0 Å². The molecule has 1 aromatic heterocycles. The summed E-state index contributed by atoms with van der Waals surface area (Å²) in [5.74, 6) is -0.272. The molecular weight excluding hydrogens is 283 g/mol. The number of ether oxygens (including phenoxy) is 1. The standard InChI is InChI=1S/C17H19FN2O2/c18-15-4-2-1-3-14(15)13-5-6-16(19-11-13)17(21)12-20-7-9-22-10-8-20/h1-6,11,17,21H,7-10,12H2. The second-order valence-electron chi connectivity index (χ2n) is 5.38. The van der Waals surface area contributed by atoms with Crippen LogP contribution >= 0.6 is 0 Å². The van der Waals surface area contributed by atoms with Crippen LogP contribution in [0.25, 0.3) is 11.1 Å². The van der Waals surface area contributed by atoms with Crippen LogP contribution < -0.4 is 0 Å².